The summed E-state index contributed by atoms with van der Waals surface area (Å²) >= 11 is 5.28. The maximum absolute atomic E-state index is 5.63. The van der Waals surface area contributed by atoms with E-state index in [4.69, 9.17) is 5.84 Å². The highest BCUT2D eigenvalue weighted by atomic mass is 79.9. The summed E-state index contributed by atoms with van der Waals surface area (Å²) in [5.74, 6) is 6.36. The average molecular weight is 289 g/mol. The lowest BCUT2D eigenvalue weighted by Gasteiger charge is -2.16. The molecule has 1 saturated carbocycles. The molecule has 3 N–H and O–H groups in total. The zero-order valence-corrected chi connectivity index (χ0v) is 11.5. The van der Waals surface area contributed by atoms with E-state index in [-0.39, 0.29) is 0 Å². The van der Waals surface area contributed by atoms with Crippen LogP contribution in [0, 0.1) is 11.3 Å². The van der Waals surface area contributed by atoms with Crippen LogP contribution in [0.25, 0.3) is 0 Å². The Labute approximate surface area is 103 Å². The van der Waals surface area contributed by atoms with E-state index in [9.17, 15) is 0 Å². The molecule has 1 aromatic rings. The molecule has 2 rings (SSSR count). The molecule has 0 bridgehead atoms. The zero-order valence-electron chi connectivity index (χ0n) is 9.09. The van der Waals surface area contributed by atoms with Gasteiger partial charge >= 0.3 is 0 Å². The molecular formula is C11H17BrN2S. The molecule has 1 heterocycles. The van der Waals surface area contributed by atoms with Gasteiger partial charge in [-0.1, -0.05) is 13.8 Å². The van der Waals surface area contributed by atoms with Gasteiger partial charge in [0.2, 0.25) is 0 Å². The quantitative estimate of drug-likeness (QED) is 0.660. The second kappa shape index (κ2) is 4.17. The fourth-order valence-corrected chi connectivity index (χ4v) is 3.73. The first-order valence-electron chi connectivity index (χ1n) is 5.23. The predicted octanol–water partition coefficient (Wildman–Crippen LogP) is 2.93. The largest absolute Gasteiger partial charge is 0.271 e. The summed E-state index contributed by atoms with van der Waals surface area (Å²) in [5.41, 5.74) is 3.45. The van der Waals surface area contributed by atoms with Gasteiger partial charge in [-0.2, -0.15) is 0 Å². The maximum Gasteiger partial charge on any atom is 0.0701 e. The number of hydrazine groups is 1. The van der Waals surface area contributed by atoms with Gasteiger partial charge in [-0.25, -0.2) is 0 Å². The van der Waals surface area contributed by atoms with E-state index in [1.807, 2.05) is 0 Å². The van der Waals surface area contributed by atoms with Crippen LogP contribution in [0.4, 0.5) is 0 Å². The van der Waals surface area contributed by atoms with E-state index < -0.39 is 0 Å². The first-order chi connectivity index (χ1) is 7.03. The Balaban J connectivity index is 1.98. The first-order valence-corrected chi connectivity index (χ1v) is 6.84. The Hall–Kier alpha value is 0.1000. The Morgan fingerprint density at radius 1 is 1.67 bits per heavy atom. The van der Waals surface area contributed by atoms with E-state index >= 15 is 0 Å². The topological polar surface area (TPSA) is 38.0 Å². The van der Waals surface area contributed by atoms with Crippen LogP contribution in [0.1, 0.15) is 25.1 Å². The lowest BCUT2D eigenvalue weighted by Crippen LogP contribution is -2.39. The van der Waals surface area contributed by atoms with Crippen molar-refractivity contribution in [2.24, 2.45) is 17.2 Å². The third-order valence-electron chi connectivity index (χ3n) is 3.34. The molecule has 84 valence electrons. The molecule has 1 aliphatic carbocycles. The average Bonchev–Trinajstić information content (AvgIpc) is 2.59. The molecule has 1 aliphatic rings. The highest BCUT2D eigenvalue weighted by molar-refractivity contribution is 9.11. The van der Waals surface area contributed by atoms with Crippen molar-refractivity contribution in [1.29, 1.82) is 0 Å². The van der Waals surface area contributed by atoms with Crippen LogP contribution >= 0.6 is 27.3 Å². The van der Waals surface area contributed by atoms with Crippen molar-refractivity contribution in [2.45, 2.75) is 32.7 Å². The minimum absolute atomic E-state index is 0.422. The number of hydrogen-bond donors (Lipinski definition) is 2. The molecule has 15 heavy (non-hydrogen) atoms. The molecular weight excluding hydrogens is 272 g/mol. The number of hydrogen-bond acceptors (Lipinski definition) is 3. The molecule has 1 aromatic heterocycles. The van der Waals surface area contributed by atoms with Crippen molar-refractivity contribution in [3.63, 3.8) is 0 Å². The molecule has 2 unspecified atom stereocenters. The van der Waals surface area contributed by atoms with Gasteiger partial charge in [0.15, 0.2) is 0 Å². The number of thiophene rings is 1. The van der Waals surface area contributed by atoms with Crippen LogP contribution in [0.5, 0.6) is 0 Å². The first kappa shape index (κ1) is 11.6. The van der Waals surface area contributed by atoms with Gasteiger partial charge in [-0.15, -0.1) is 11.3 Å². The molecule has 4 heteroatoms. The van der Waals surface area contributed by atoms with E-state index in [0.717, 1.165) is 12.3 Å². The Morgan fingerprint density at radius 3 is 2.73 bits per heavy atom. The Kier molecular flexibility index (Phi) is 3.22. The van der Waals surface area contributed by atoms with Crippen LogP contribution < -0.4 is 11.3 Å². The summed E-state index contributed by atoms with van der Waals surface area (Å²) in [5, 5.41) is 0. The summed E-state index contributed by atoms with van der Waals surface area (Å²) < 4.78 is 1.20. The highest BCUT2D eigenvalue weighted by Crippen LogP contribution is 2.54. The second-order valence-corrected chi connectivity index (χ2v) is 7.53. The van der Waals surface area contributed by atoms with Crippen molar-refractivity contribution in [3.05, 3.63) is 20.8 Å². The molecule has 2 atom stereocenters. The third-order valence-corrected chi connectivity index (χ3v) is 4.99. The van der Waals surface area contributed by atoms with Crippen molar-refractivity contribution < 1.29 is 0 Å². The van der Waals surface area contributed by atoms with Gasteiger partial charge in [0.25, 0.3) is 0 Å². The van der Waals surface area contributed by atoms with Crippen LogP contribution in [-0.2, 0) is 6.42 Å². The van der Waals surface area contributed by atoms with Crippen LogP contribution in [0.2, 0.25) is 0 Å². The Morgan fingerprint density at radius 2 is 2.33 bits per heavy atom. The second-order valence-electron chi connectivity index (χ2n) is 4.98. The zero-order chi connectivity index (χ0) is 11.1. The number of nitrogens with one attached hydrogen (secondary N) is 1. The SMILES string of the molecule is CC1(C)CC1C(Cc1ccc(Br)s1)NN. The number of halogens is 1. The monoisotopic (exact) mass is 288 g/mol. The number of nitrogens with two attached hydrogens (primary N) is 1. The standard InChI is InChI=1S/C11H17BrN2S/c1-11(2)6-8(11)9(14-13)5-7-3-4-10(12)15-7/h3-4,8-9,14H,5-6,13H2,1-2H3. The van der Waals surface area contributed by atoms with Gasteiger partial charge < -0.3 is 0 Å². The number of rotatable bonds is 4. The van der Waals surface area contributed by atoms with Gasteiger partial charge in [0.05, 0.1) is 3.79 Å². The van der Waals surface area contributed by atoms with Crippen molar-refractivity contribution >= 4 is 27.3 Å². The van der Waals surface area contributed by atoms with E-state index in [1.54, 1.807) is 11.3 Å². The van der Waals surface area contributed by atoms with Crippen LogP contribution in [0.15, 0.2) is 15.9 Å². The van der Waals surface area contributed by atoms with Crippen LogP contribution in [0.3, 0.4) is 0 Å². The molecule has 0 amide bonds. The normalized spacial score (nSPS) is 25.2. The summed E-state index contributed by atoms with van der Waals surface area (Å²) in [6.45, 7) is 4.62. The maximum atomic E-state index is 5.63. The van der Waals surface area contributed by atoms with Crippen molar-refractivity contribution in [3.8, 4) is 0 Å². The molecule has 0 saturated heterocycles. The lowest BCUT2D eigenvalue weighted by atomic mass is 10.0. The minimum atomic E-state index is 0.422. The molecule has 1 fully saturated rings. The highest BCUT2D eigenvalue weighted by Gasteiger charge is 2.49. The molecule has 0 aliphatic heterocycles. The summed E-state index contributed by atoms with van der Waals surface area (Å²) in [6.07, 6.45) is 2.33. The van der Waals surface area contributed by atoms with Gasteiger partial charge in [0, 0.05) is 10.9 Å². The van der Waals surface area contributed by atoms with Crippen LogP contribution in [-0.4, -0.2) is 6.04 Å². The summed E-state index contributed by atoms with van der Waals surface area (Å²) in [6, 6.07) is 4.70. The Bertz CT molecular complexity index is 348. The van der Waals surface area contributed by atoms with Gasteiger partial charge in [-0.05, 0) is 52.2 Å². The van der Waals surface area contributed by atoms with Crippen molar-refractivity contribution in [1.82, 2.24) is 5.43 Å². The smallest absolute Gasteiger partial charge is 0.0701 e. The summed E-state index contributed by atoms with van der Waals surface area (Å²) in [4.78, 5) is 1.40. The third kappa shape index (κ3) is 2.61. The summed E-state index contributed by atoms with van der Waals surface area (Å²) in [7, 11) is 0. The van der Waals surface area contributed by atoms with Gasteiger partial charge in [-0.3, -0.25) is 11.3 Å². The van der Waals surface area contributed by atoms with Gasteiger partial charge in [0.1, 0.15) is 0 Å². The van der Waals surface area contributed by atoms with Crippen molar-refractivity contribution in [2.75, 3.05) is 0 Å². The molecule has 0 radical (unpaired) electrons. The molecule has 2 nitrogen and oxygen atoms in total. The molecule has 0 aromatic carbocycles. The van der Waals surface area contributed by atoms with E-state index in [1.165, 1.54) is 15.1 Å². The fraction of sp³-hybridized carbons (Fsp3) is 0.636. The van der Waals surface area contributed by atoms with E-state index in [2.05, 4.69) is 47.3 Å². The minimum Gasteiger partial charge on any atom is -0.271 e. The fourth-order valence-electron chi connectivity index (χ4n) is 2.19. The molecule has 0 spiro atoms. The van der Waals surface area contributed by atoms with E-state index in [0.29, 0.717) is 11.5 Å². The predicted molar refractivity (Wildman–Crippen MR) is 68.7 cm³/mol. The lowest BCUT2D eigenvalue weighted by molar-refractivity contribution is 0.410.